The van der Waals surface area contributed by atoms with E-state index in [2.05, 4.69) is 5.32 Å². The van der Waals surface area contributed by atoms with Gasteiger partial charge in [0.2, 0.25) is 0 Å². The van der Waals surface area contributed by atoms with E-state index in [1.807, 2.05) is 71.0 Å². The number of rotatable bonds is 3. The lowest BCUT2D eigenvalue weighted by Crippen LogP contribution is -2.41. The Morgan fingerprint density at radius 3 is 2.38 bits per heavy atom. The van der Waals surface area contributed by atoms with Gasteiger partial charge in [-0.25, -0.2) is 0 Å². The Kier molecular flexibility index (Phi) is 4.18. The van der Waals surface area contributed by atoms with Crippen LogP contribution >= 0.6 is 0 Å². The number of hydrogen-bond acceptors (Lipinski definition) is 3. The van der Waals surface area contributed by atoms with E-state index >= 15 is 0 Å². The fourth-order valence-corrected chi connectivity index (χ4v) is 2.88. The third kappa shape index (κ3) is 2.83. The molecule has 0 aromatic heterocycles. The Bertz CT molecular complexity index is 769. The van der Waals surface area contributed by atoms with Crippen LogP contribution in [0, 0.1) is 0 Å². The normalized spacial score (nSPS) is 18.8. The molecule has 24 heavy (non-hydrogen) atoms. The molecule has 0 radical (unpaired) electrons. The van der Waals surface area contributed by atoms with E-state index in [-0.39, 0.29) is 17.1 Å². The van der Waals surface area contributed by atoms with Crippen LogP contribution in [0.4, 0.5) is 0 Å². The molecule has 1 aliphatic rings. The first-order chi connectivity index (χ1) is 11.2. The van der Waals surface area contributed by atoms with Crippen LogP contribution in [0.5, 0.6) is 0 Å². The molecule has 3 rings (SSSR count). The maximum absolute atomic E-state index is 12.2. The van der Waals surface area contributed by atoms with Crippen molar-refractivity contribution in [3.63, 3.8) is 0 Å². The number of hydrogen-bond donors (Lipinski definition) is 1. The molecule has 126 valence electrons. The van der Waals surface area contributed by atoms with Gasteiger partial charge < -0.3 is 14.6 Å². The zero-order valence-corrected chi connectivity index (χ0v) is 15.0. The molecule has 1 heterocycles. The first-order valence-corrected chi connectivity index (χ1v) is 8.42. The Labute approximate surface area is 143 Å². The number of amides is 1. The van der Waals surface area contributed by atoms with Gasteiger partial charge in [-0.3, -0.25) is 4.79 Å². The standard InChI is InChI=1S/C19H24BNO3/c1-6-21-17(22)16-9-7-8-13-12-14(10-11-15(13)16)20-23-18(2,3)19(4,5)24-20/h7-12H,6H2,1-5H3,(H,21,22). The number of fused-ring (bicyclic) bond motifs is 1. The lowest BCUT2D eigenvalue weighted by Gasteiger charge is -2.32. The van der Waals surface area contributed by atoms with Crippen molar-refractivity contribution in [2.24, 2.45) is 0 Å². The van der Waals surface area contributed by atoms with Gasteiger partial charge in [0.15, 0.2) is 0 Å². The molecule has 1 amide bonds. The fraction of sp³-hybridized carbons (Fsp3) is 0.421. The van der Waals surface area contributed by atoms with Gasteiger partial charge in [-0.2, -0.15) is 0 Å². The quantitative estimate of drug-likeness (QED) is 0.883. The summed E-state index contributed by atoms with van der Waals surface area (Å²) in [4.78, 5) is 12.2. The van der Waals surface area contributed by atoms with Crippen LogP contribution in [0.2, 0.25) is 0 Å². The summed E-state index contributed by atoms with van der Waals surface area (Å²) in [5.74, 6) is -0.0496. The second-order valence-electron chi connectivity index (χ2n) is 7.23. The molecule has 1 aliphatic heterocycles. The summed E-state index contributed by atoms with van der Waals surface area (Å²) in [5, 5.41) is 4.80. The van der Waals surface area contributed by atoms with Gasteiger partial charge in [-0.15, -0.1) is 0 Å². The van der Waals surface area contributed by atoms with Crippen molar-refractivity contribution in [1.82, 2.24) is 5.32 Å². The van der Waals surface area contributed by atoms with Crippen molar-refractivity contribution in [1.29, 1.82) is 0 Å². The van der Waals surface area contributed by atoms with Crippen LogP contribution in [0.1, 0.15) is 45.0 Å². The molecule has 2 aromatic rings. The fourth-order valence-electron chi connectivity index (χ4n) is 2.88. The molecule has 0 bridgehead atoms. The maximum atomic E-state index is 12.2. The van der Waals surface area contributed by atoms with Crippen LogP contribution in [-0.4, -0.2) is 30.8 Å². The number of carbonyl (C=O) groups is 1. The van der Waals surface area contributed by atoms with E-state index < -0.39 is 7.12 Å². The van der Waals surface area contributed by atoms with Crippen LogP contribution in [0.25, 0.3) is 10.8 Å². The van der Waals surface area contributed by atoms with Crippen LogP contribution in [-0.2, 0) is 9.31 Å². The summed E-state index contributed by atoms with van der Waals surface area (Å²) >= 11 is 0. The third-order valence-corrected chi connectivity index (χ3v) is 5.01. The highest BCUT2D eigenvalue weighted by atomic mass is 16.7. The van der Waals surface area contributed by atoms with Gasteiger partial charge in [-0.05, 0) is 56.9 Å². The van der Waals surface area contributed by atoms with Crippen LogP contribution in [0.3, 0.4) is 0 Å². The summed E-state index contributed by atoms with van der Waals surface area (Å²) in [6.07, 6.45) is 0. The van der Waals surface area contributed by atoms with Crippen molar-refractivity contribution in [3.8, 4) is 0 Å². The molecule has 1 N–H and O–H groups in total. The molecule has 0 aliphatic carbocycles. The Morgan fingerprint density at radius 2 is 1.75 bits per heavy atom. The van der Waals surface area contributed by atoms with Crippen molar-refractivity contribution >= 4 is 29.3 Å². The molecule has 4 nitrogen and oxygen atoms in total. The highest BCUT2D eigenvalue weighted by Gasteiger charge is 2.51. The van der Waals surface area contributed by atoms with E-state index in [9.17, 15) is 4.79 Å². The lowest BCUT2D eigenvalue weighted by molar-refractivity contribution is 0.00578. The van der Waals surface area contributed by atoms with E-state index in [0.717, 1.165) is 16.2 Å². The summed E-state index contributed by atoms with van der Waals surface area (Å²) in [5.41, 5.74) is 0.925. The minimum atomic E-state index is -0.396. The molecule has 0 atom stereocenters. The second kappa shape index (κ2) is 5.90. The van der Waals surface area contributed by atoms with Crippen LogP contribution < -0.4 is 10.8 Å². The molecular weight excluding hydrogens is 301 g/mol. The Hall–Kier alpha value is -1.85. The van der Waals surface area contributed by atoms with E-state index in [1.165, 1.54) is 0 Å². The van der Waals surface area contributed by atoms with Gasteiger partial charge in [-0.1, -0.05) is 30.3 Å². The Balaban J connectivity index is 1.98. The average Bonchev–Trinajstić information content (AvgIpc) is 2.74. The average molecular weight is 325 g/mol. The number of carbonyl (C=O) groups excluding carboxylic acids is 1. The van der Waals surface area contributed by atoms with Crippen molar-refractivity contribution in [3.05, 3.63) is 42.0 Å². The zero-order valence-electron chi connectivity index (χ0n) is 15.0. The summed E-state index contributed by atoms with van der Waals surface area (Å²) in [6, 6.07) is 11.8. The number of nitrogens with one attached hydrogen (secondary N) is 1. The van der Waals surface area contributed by atoms with Crippen molar-refractivity contribution < 1.29 is 14.1 Å². The topological polar surface area (TPSA) is 47.6 Å². The zero-order chi connectivity index (χ0) is 17.5. The molecule has 1 fully saturated rings. The highest BCUT2D eigenvalue weighted by Crippen LogP contribution is 2.36. The molecule has 0 saturated carbocycles. The SMILES string of the molecule is CCNC(=O)c1cccc2cc(B3OC(C)(C)C(C)(C)O3)ccc12. The minimum Gasteiger partial charge on any atom is -0.399 e. The molecule has 0 unspecified atom stereocenters. The molecule has 1 saturated heterocycles. The minimum absolute atomic E-state index is 0.0496. The van der Waals surface area contributed by atoms with Gasteiger partial charge in [0.05, 0.1) is 11.2 Å². The first-order valence-electron chi connectivity index (χ1n) is 8.42. The van der Waals surface area contributed by atoms with Gasteiger partial charge >= 0.3 is 7.12 Å². The third-order valence-electron chi connectivity index (χ3n) is 5.01. The lowest BCUT2D eigenvalue weighted by atomic mass is 9.78. The smallest absolute Gasteiger partial charge is 0.399 e. The van der Waals surface area contributed by atoms with Crippen LogP contribution in [0.15, 0.2) is 36.4 Å². The molecule has 2 aromatic carbocycles. The predicted molar refractivity (Wildman–Crippen MR) is 97.7 cm³/mol. The maximum Gasteiger partial charge on any atom is 0.494 e. The first kappa shape index (κ1) is 17.0. The predicted octanol–water partition coefficient (Wildman–Crippen LogP) is 2.89. The van der Waals surface area contributed by atoms with E-state index in [0.29, 0.717) is 12.1 Å². The second-order valence-corrected chi connectivity index (χ2v) is 7.23. The van der Waals surface area contributed by atoms with Crippen molar-refractivity contribution in [2.75, 3.05) is 6.54 Å². The van der Waals surface area contributed by atoms with Gasteiger partial charge in [0.1, 0.15) is 0 Å². The largest absolute Gasteiger partial charge is 0.494 e. The van der Waals surface area contributed by atoms with Gasteiger partial charge in [0, 0.05) is 12.1 Å². The van der Waals surface area contributed by atoms with E-state index in [1.54, 1.807) is 0 Å². The summed E-state index contributed by atoms with van der Waals surface area (Å²) in [7, 11) is -0.396. The van der Waals surface area contributed by atoms with Crippen molar-refractivity contribution in [2.45, 2.75) is 45.8 Å². The molecule has 5 heteroatoms. The Morgan fingerprint density at radius 1 is 1.08 bits per heavy atom. The van der Waals surface area contributed by atoms with E-state index in [4.69, 9.17) is 9.31 Å². The highest BCUT2D eigenvalue weighted by molar-refractivity contribution is 6.62. The number of benzene rings is 2. The summed E-state index contributed by atoms with van der Waals surface area (Å²) < 4.78 is 12.2. The van der Waals surface area contributed by atoms with Gasteiger partial charge in [0.25, 0.3) is 5.91 Å². The monoisotopic (exact) mass is 325 g/mol. The summed E-state index contributed by atoms with van der Waals surface area (Å²) in [6.45, 7) is 10.7. The molecular formula is C19H24BNO3. The molecule has 0 spiro atoms.